The lowest BCUT2D eigenvalue weighted by molar-refractivity contribution is -0.229. The number of aliphatic hydroxyl groups is 3. The topological polar surface area (TPSA) is 88.4 Å². The molecule has 1 fully saturated rings. The number of hydrogen-bond acceptors (Lipinski definition) is 6. The molecule has 1 aromatic carbocycles. The van der Waals surface area contributed by atoms with Gasteiger partial charge in [-0.25, -0.2) is 0 Å². The molecule has 3 N–H and O–H groups in total. The maximum Gasteiger partial charge on any atom is 0.202 e. The molecule has 0 radical (unpaired) electrons. The van der Waals surface area contributed by atoms with Gasteiger partial charge in [0.2, 0.25) is 6.29 Å². The van der Waals surface area contributed by atoms with Crippen molar-refractivity contribution in [3.8, 4) is 11.5 Å². The van der Waals surface area contributed by atoms with Gasteiger partial charge in [-0.3, -0.25) is 0 Å². The predicted octanol–water partition coefficient (Wildman–Crippen LogP) is -0.0969. The third kappa shape index (κ3) is 3.36. The summed E-state index contributed by atoms with van der Waals surface area (Å²) in [6.45, 7) is -0.374. The average molecular weight is 270 g/mol. The highest BCUT2D eigenvalue weighted by Crippen LogP contribution is 2.24. The van der Waals surface area contributed by atoms with E-state index in [1.54, 1.807) is 31.4 Å². The van der Waals surface area contributed by atoms with Gasteiger partial charge in [0.25, 0.3) is 0 Å². The summed E-state index contributed by atoms with van der Waals surface area (Å²) in [5, 5.41) is 28.3. The van der Waals surface area contributed by atoms with Gasteiger partial charge in [0.05, 0.1) is 19.8 Å². The van der Waals surface area contributed by atoms with Gasteiger partial charge in [0.1, 0.15) is 23.7 Å². The lowest BCUT2D eigenvalue weighted by atomic mass is 10.0. The van der Waals surface area contributed by atoms with Gasteiger partial charge in [-0.15, -0.1) is 0 Å². The minimum atomic E-state index is -1.10. The highest BCUT2D eigenvalue weighted by Gasteiger charge is 2.37. The van der Waals surface area contributed by atoms with Gasteiger partial charge in [-0.05, 0) is 24.3 Å². The first-order valence-corrected chi connectivity index (χ1v) is 6.07. The number of rotatable bonds is 4. The smallest absolute Gasteiger partial charge is 0.202 e. The van der Waals surface area contributed by atoms with E-state index in [1.807, 2.05) is 0 Å². The number of hydrogen-bond donors (Lipinski definition) is 3. The zero-order valence-corrected chi connectivity index (χ0v) is 10.6. The summed E-state index contributed by atoms with van der Waals surface area (Å²) in [5.74, 6) is 1.27. The van der Waals surface area contributed by atoms with Gasteiger partial charge in [-0.2, -0.15) is 0 Å². The Kier molecular flexibility index (Phi) is 4.60. The van der Waals surface area contributed by atoms with E-state index in [0.717, 1.165) is 0 Å². The van der Waals surface area contributed by atoms with E-state index in [1.165, 1.54) is 0 Å². The van der Waals surface area contributed by atoms with E-state index in [0.29, 0.717) is 11.5 Å². The van der Waals surface area contributed by atoms with E-state index in [4.69, 9.17) is 19.3 Å². The Morgan fingerprint density at radius 2 is 1.84 bits per heavy atom. The number of benzene rings is 1. The summed E-state index contributed by atoms with van der Waals surface area (Å²) in [7, 11) is 1.57. The molecule has 6 nitrogen and oxygen atoms in total. The second-order valence-electron chi connectivity index (χ2n) is 4.37. The summed E-state index contributed by atoms with van der Waals surface area (Å²) >= 11 is 0. The first kappa shape index (κ1) is 14.1. The lowest BCUT2D eigenvalue weighted by Gasteiger charge is -2.36. The predicted molar refractivity (Wildman–Crippen MR) is 66.0 cm³/mol. The SMILES string of the molecule is COc1ccc(O[C@@H]2C[C@@H](O)[C@H](O)[C@@H](CO)O2)cc1. The van der Waals surface area contributed by atoms with Crippen LogP contribution in [0.5, 0.6) is 11.5 Å². The average Bonchev–Trinajstić information content (AvgIpc) is 2.43. The van der Waals surface area contributed by atoms with E-state index in [2.05, 4.69) is 0 Å². The maximum absolute atomic E-state index is 9.67. The molecule has 1 aromatic rings. The second kappa shape index (κ2) is 6.21. The molecule has 0 spiro atoms. The van der Waals surface area contributed by atoms with Gasteiger partial charge >= 0.3 is 0 Å². The molecule has 0 saturated carbocycles. The highest BCUT2D eigenvalue weighted by atomic mass is 16.7. The summed E-state index contributed by atoms with van der Waals surface area (Å²) in [4.78, 5) is 0. The molecule has 1 heterocycles. The molecule has 19 heavy (non-hydrogen) atoms. The Labute approximate surface area is 111 Å². The molecule has 0 amide bonds. The fourth-order valence-electron chi connectivity index (χ4n) is 1.95. The summed E-state index contributed by atoms with van der Waals surface area (Å²) in [6.07, 6.45) is -3.48. The monoisotopic (exact) mass is 270 g/mol. The molecule has 1 saturated heterocycles. The van der Waals surface area contributed by atoms with Crippen molar-refractivity contribution in [1.29, 1.82) is 0 Å². The van der Waals surface area contributed by atoms with E-state index < -0.39 is 24.6 Å². The Bertz CT molecular complexity index is 393. The Balaban J connectivity index is 1.98. The van der Waals surface area contributed by atoms with Crippen LogP contribution in [-0.4, -0.2) is 53.6 Å². The van der Waals surface area contributed by atoms with Crippen molar-refractivity contribution in [3.63, 3.8) is 0 Å². The molecular formula is C13H18O6. The van der Waals surface area contributed by atoms with E-state index in [9.17, 15) is 10.2 Å². The van der Waals surface area contributed by atoms with Crippen molar-refractivity contribution in [1.82, 2.24) is 0 Å². The summed E-state index contributed by atoms with van der Waals surface area (Å²) in [6, 6.07) is 6.92. The largest absolute Gasteiger partial charge is 0.497 e. The van der Waals surface area contributed by atoms with Crippen LogP contribution in [0.3, 0.4) is 0 Å². The Hall–Kier alpha value is -1.34. The molecule has 1 aliphatic heterocycles. The van der Waals surface area contributed by atoms with Crippen molar-refractivity contribution in [2.75, 3.05) is 13.7 Å². The van der Waals surface area contributed by atoms with Crippen LogP contribution in [0.1, 0.15) is 6.42 Å². The van der Waals surface area contributed by atoms with Gasteiger partial charge in [0.15, 0.2) is 0 Å². The van der Waals surface area contributed by atoms with Crippen molar-refractivity contribution < 1.29 is 29.5 Å². The Morgan fingerprint density at radius 3 is 2.42 bits per heavy atom. The van der Waals surface area contributed by atoms with Crippen LogP contribution in [0.15, 0.2) is 24.3 Å². The van der Waals surface area contributed by atoms with Crippen molar-refractivity contribution in [2.24, 2.45) is 0 Å². The molecule has 6 heteroatoms. The molecule has 106 valence electrons. The standard InChI is InChI=1S/C13H18O6/c1-17-8-2-4-9(5-3-8)18-12-6-10(15)13(16)11(7-14)19-12/h2-5,10-16H,6-7H2,1H3/t10-,11-,12+,13+/m1/s1. The summed E-state index contributed by atoms with van der Waals surface area (Å²) in [5.41, 5.74) is 0. The van der Waals surface area contributed by atoms with Crippen molar-refractivity contribution in [2.45, 2.75) is 31.0 Å². The normalized spacial score (nSPS) is 30.9. The Morgan fingerprint density at radius 1 is 1.21 bits per heavy atom. The van der Waals surface area contributed by atoms with Crippen LogP contribution in [0.25, 0.3) is 0 Å². The zero-order chi connectivity index (χ0) is 13.8. The van der Waals surface area contributed by atoms with Crippen molar-refractivity contribution in [3.05, 3.63) is 24.3 Å². The lowest BCUT2D eigenvalue weighted by Crippen LogP contribution is -2.51. The third-order valence-electron chi connectivity index (χ3n) is 3.04. The van der Waals surface area contributed by atoms with E-state index in [-0.39, 0.29) is 13.0 Å². The first-order valence-electron chi connectivity index (χ1n) is 6.07. The fourth-order valence-corrected chi connectivity index (χ4v) is 1.95. The van der Waals surface area contributed by atoms with Crippen LogP contribution in [0.2, 0.25) is 0 Å². The van der Waals surface area contributed by atoms with Crippen LogP contribution in [-0.2, 0) is 4.74 Å². The molecule has 0 bridgehead atoms. The van der Waals surface area contributed by atoms with Crippen molar-refractivity contribution >= 4 is 0 Å². The van der Waals surface area contributed by atoms with Crippen LogP contribution in [0, 0.1) is 0 Å². The molecule has 0 unspecified atom stereocenters. The number of methoxy groups -OCH3 is 1. The molecule has 0 aromatic heterocycles. The second-order valence-corrected chi connectivity index (χ2v) is 4.37. The molecular weight excluding hydrogens is 252 g/mol. The highest BCUT2D eigenvalue weighted by molar-refractivity contribution is 5.31. The minimum Gasteiger partial charge on any atom is -0.497 e. The van der Waals surface area contributed by atoms with Gasteiger partial charge in [-0.1, -0.05) is 0 Å². The molecule has 2 rings (SSSR count). The van der Waals surface area contributed by atoms with Crippen LogP contribution >= 0.6 is 0 Å². The number of aliphatic hydroxyl groups excluding tert-OH is 3. The summed E-state index contributed by atoms with van der Waals surface area (Å²) < 4.78 is 15.9. The minimum absolute atomic E-state index is 0.143. The molecule has 4 atom stereocenters. The van der Waals surface area contributed by atoms with Gasteiger partial charge in [0, 0.05) is 6.42 Å². The zero-order valence-electron chi connectivity index (χ0n) is 10.6. The van der Waals surface area contributed by atoms with Crippen LogP contribution < -0.4 is 9.47 Å². The van der Waals surface area contributed by atoms with Gasteiger partial charge < -0.3 is 29.5 Å². The quantitative estimate of drug-likeness (QED) is 0.708. The van der Waals surface area contributed by atoms with Crippen LogP contribution in [0.4, 0.5) is 0 Å². The maximum atomic E-state index is 9.67. The number of ether oxygens (including phenoxy) is 3. The molecule has 1 aliphatic rings. The van der Waals surface area contributed by atoms with E-state index >= 15 is 0 Å². The fraction of sp³-hybridized carbons (Fsp3) is 0.538. The first-order chi connectivity index (χ1) is 9.13. The third-order valence-corrected chi connectivity index (χ3v) is 3.04. The molecule has 0 aliphatic carbocycles.